The second-order valence-electron chi connectivity index (χ2n) is 6.75. The van der Waals surface area contributed by atoms with Gasteiger partial charge in [-0.25, -0.2) is 4.79 Å². The maximum atomic E-state index is 12.3. The van der Waals surface area contributed by atoms with Gasteiger partial charge in [0.25, 0.3) is 5.91 Å². The maximum Gasteiger partial charge on any atom is 0.338 e. The van der Waals surface area contributed by atoms with E-state index in [1.807, 2.05) is 6.07 Å². The number of hydrogen-bond acceptors (Lipinski definition) is 3. The van der Waals surface area contributed by atoms with Crippen LogP contribution in [-0.2, 0) is 16.0 Å². The summed E-state index contributed by atoms with van der Waals surface area (Å²) in [6, 6.07) is 14.9. The number of halogens is 2. The standard InChI is InChI=1S/C21H21Cl2NO3/c22-18-11-17(12-19(23)13-18)21(26)27-14-20(25)24-8-6-16(7-9-24)10-15-4-2-1-3-5-15/h1-5,11-13,16H,6-10,14H2. The molecule has 4 nitrogen and oxygen atoms in total. The van der Waals surface area contributed by atoms with Crippen LogP contribution in [0.4, 0.5) is 0 Å². The van der Waals surface area contributed by atoms with Gasteiger partial charge in [-0.3, -0.25) is 4.79 Å². The van der Waals surface area contributed by atoms with Crippen molar-refractivity contribution in [3.05, 3.63) is 69.7 Å². The van der Waals surface area contributed by atoms with Gasteiger partial charge < -0.3 is 9.64 Å². The molecule has 1 aliphatic heterocycles. The van der Waals surface area contributed by atoms with Crippen molar-refractivity contribution in [1.82, 2.24) is 4.90 Å². The number of nitrogens with zero attached hydrogens (tertiary/aromatic N) is 1. The van der Waals surface area contributed by atoms with Crippen molar-refractivity contribution in [2.45, 2.75) is 19.3 Å². The summed E-state index contributed by atoms with van der Waals surface area (Å²) in [6.45, 7) is 1.11. The fourth-order valence-electron chi connectivity index (χ4n) is 3.31. The number of piperidine rings is 1. The molecule has 2 aromatic rings. The van der Waals surface area contributed by atoms with Gasteiger partial charge in [-0.15, -0.1) is 0 Å². The smallest absolute Gasteiger partial charge is 0.338 e. The van der Waals surface area contributed by atoms with Crippen LogP contribution in [-0.4, -0.2) is 36.5 Å². The first-order chi connectivity index (χ1) is 13.0. The van der Waals surface area contributed by atoms with E-state index >= 15 is 0 Å². The first kappa shape index (κ1) is 19.7. The van der Waals surface area contributed by atoms with Crippen molar-refractivity contribution in [1.29, 1.82) is 0 Å². The molecule has 3 rings (SSSR count). The van der Waals surface area contributed by atoms with E-state index in [1.165, 1.54) is 23.8 Å². The summed E-state index contributed by atoms with van der Waals surface area (Å²) in [5.74, 6) is -0.200. The monoisotopic (exact) mass is 405 g/mol. The topological polar surface area (TPSA) is 46.6 Å². The summed E-state index contributed by atoms with van der Waals surface area (Å²) < 4.78 is 5.13. The molecule has 0 aromatic heterocycles. The van der Waals surface area contributed by atoms with Gasteiger partial charge in [0.15, 0.2) is 6.61 Å². The molecule has 6 heteroatoms. The molecule has 0 unspecified atom stereocenters. The van der Waals surface area contributed by atoms with Crippen LogP contribution in [0.25, 0.3) is 0 Å². The van der Waals surface area contributed by atoms with Crippen molar-refractivity contribution in [2.75, 3.05) is 19.7 Å². The van der Waals surface area contributed by atoms with Crippen molar-refractivity contribution in [2.24, 2.45) is 5.92 Å². The summed E-state index contributed by atoms with van der Waals surface area (Å²) >= 11 is 11.8. The highest BCUT2D eigenvalue weighted by molar-refractivity contribution is 6.35. The van der Waals surface area contributed by atoms with E-state index < -0.39 is 5.97 Å². The number of amides is 1. The lowest BCUT2D eigenvalue weighted by atomic mass is 9.90. The molecular formula is C21H21Cl2NO3. The summed E-state index contributed by atoms with van der Waals surface area (Å²) in [5, 5.41) is 0.697. The lowest BCUT2D eigenvalue weighted by Gasteiger charge is -2.32. The molecule has 27 heavy (non-hydrogen) atoms. The molecular weight excluding hydrogens is 385 g/mol. The summed E-state index contributed by atoms with van der Waals surface area (Å²) in [5.41, 5.74) is 1.57. The minimum absolute atomic E-state index is 0.172. The Balaban J connectivity index is 1.45. The van der Waals surface area contributed by atoms with E-state index in [9.17, 15) is 9.59 Å². The summed E-state index contributed by atoms with van der Waals surface area (Å²) in [7, 11) is 0. The number of carbonyl (C=O) groups is 2. The third kappa shape index (κ3) is 5.72. The van der Waals surface area contributed by atoms with Gasteiger partial charge in [0.2, 0.25) is 0 Å². The molecule has 1 saturated heterocycles. The number of benzene rings is 2. The highest BCUT2D eigenvalue weighted by Gasteiger charge is 2.24. The molecule has 0 aliphatic carbocycles. The molecule has 2 aromatic carbocycles. The van der Waals surface area contributed by atoms with Crippen LogP contribution in [0.15, 0.2) is 48.5 Å². The second kappa shape index (κ2) is 9.25. The Kier molecular flexibility index (Phi) is 6.75. The lowest BCUT2D eigenvalue weighted by molar-refractivity contribution is -0.135. The van der Waals surface area contributed by atoms with Crippen LogP contribution in [0.5, 0.6) is 0 Å². The van der Waals surface area contributed by atoms with Crippen LogP contribution in [0.1, 0.15) is 28.8 Å². The van der Waals surface area contributed by atoms with Gasteiger partial charge >= 0.3 is 5.97 Å². The zero-order valence-corrected chi connectivity index (χ0v) is 16.4. The van der Waals surface area contributed by atoms with Gasteiger partial charge in [0.05, 0.1) is 5.56 Å². The van der Waals surface area contributed by atoms with Crippen LogP contribution >= 0.6 is 23.2 Å². The molecule has 0 spiro atoms. The number of carbonyl (C=O) groups excluding carboxylic acids is 2. The normalized spacial score (nSPS) is 14.8. The molecule has 0 N–H and O–H groups in total. The molecule has 0 radical (unpaired) electrons. The van der Waals surface area contributed by atoms with Crippen molar-refractivity contribution in [3.63, 3.8) is 0 Å². The summed E-state index contributed by atoms with van der Waals surface area (Å²) in [4.78, 5) is 26.2. The van der Waals surface area contributed by atoms with E-state index in [1.54, 1.807) is 4.90 Å². The first-order valence-electron chi connectivity index (χ1n) is 8.96. The molecule has 1 aliphatic rings. The van der Waals surface area contributed by atoms with Crippen LogP contribution in [0.2, 0.25) is 10.0 Å². The first-order valence-corrected chi connectivity index (χ1v) is 9.72. The van der Waals surface area contributed by atoms with Gasteiger partial charge in [-0.1, -0.05) is 53.5 Å². The lowest BCUT2D eigenvalue weighted by Crippen LogP contribution is -2.41. The third-order valence-corrected chi connectivity index (χ3v) is 5.20. The average Bonchev–Trinajstić information content (AvgIpc) is 2.66. The number of likely N-dealkylation sites (tertiary alicyclic amines) is 1. The largest absolute Gasteiger partial charge is 0.452 e. The molecule has 142 valence electrons. The predicted octanol–water partition coefficient (Wildman–Crippen LogP) is 4.63. The summed E-state index contributed by atoms with van der Waals surface area (Å²) in [6.07, 6.45) is 2.95. The Hall–Kier alpha value is -2.04. The van der Waals surface area contributed by atoms with Crippen LogP contribution in [0.3, 0.4) is 0 Å². The SMILES string of the molecule is O=C(OCC(=O)N1CCC(Cc2ccccc2)CC1)c1cc(Cl)cc(Cl)c1. The van der Waals surface area contributed by atoms with E-state index in [0.717, 1.165) is 19.3 Å². The van der Waals surface area contributed by atoms with Gasteiger partial charge in [-0.05, 0) is 48.9 Å². The molecule has 0 atom stereocenters. The zero-order chi connectivity index (χ0) is 19.2. The minimum atomic E-state index is -0.605. The number of esters is 1. The number of rotatable bonds is 5. The van der Waals surface area contributed by atoms with E-state index in [4.69, 9.17) is 27.9 Å². The highest BCUT2D eigenvalue weighted by Crippen LogP contribution is 2.22. The Morgan fingerprint density at radius 1 is 1.00 bits per heavy atom. The van der Waals surface area contributed by atoms with Crippen LogP contribution < -0.4 is 0 Å². The quantitative estimate of drug-likeness (QED) is 0.681. The van der Waals surface area contributed by atoms with Crippen molar-refractivity contribution in [3.8, 4) is 0 Å². The Labute approximate surface area is 169 Å². The molecule has 0 bridgehead atoms. The highest BCUT2D eigenvalue weighted by atomic mass is 35.5. The van der Waals surface area contributed by atoms with E-state index in [-0.39, 0.29) is 18.1 Å². The Bertz CT molecular complexity index is 782. The van der Waals surface area contributed by atoms with Crippen LogP contribution in [0, 0.1) is 5.92 Å². The predicted molar refractivity (Wildman–Crippen MR) is 106 cm³/mol. The Morgan fingerprint density at radius 3 is 2.26 bits per heavy atom. The average molecular weight is 406 g/mol. The number of ether oxygens (including phenoxy) is 1. The third-order valence-electron chi connectivity index (χ3n) is 4.76. The Morgan fingerprint density at radius 2 is 1.63 bits per heavy atom. The van der Waals surface area contributed by atoms with E-state index in [0.29, 0.717) is 29.1 Å². The van der Waals surface area contributed by atoms with Gasteiger partial charge in [-0.2, -0.15) is 0 Å². The molecule has 0 saturated carbocycles. The fourth-order valence-corrected chi connectivity index (χ4v) is 3.83. The maximum absolute atomic E-state index is 12.3. The van der Waals surface area contributed by atoms with Gasteiger partial charge in [0, 0.05) is 23.1 Å². The second-order valence-corrected chi connectivity index (χ2v) is 7.62. The molecule has 1 amide bonds. The van der Waals surface area contributed by atoms with E-state index in [2.05, 4.69) is 24.3 Å². The van der Waals surface area contributed by atoms with Crippen molar-refractivity contribution >= 4 is 35.1 Å². The molecule has 1 heterocycles. The van der Waals surface area contributed by atoms with Gasteiger partial charge in [0.1, 0.15) is 0 Å². The zero-order valence-electron chi connectivity index (χ0n) is 14.9. The minimum Gasteiger partial charge on any atom is -0.452 e. The fraction of sp³-hybridized carbons (Fsp3) is 0.333. The van der Waals surface area contributed by atoms with Crippen molar-refractivity contribution < 1.29 is 14.3 Å². The molecule has 1 fully saturated rings. The number of hydrogen-bond donors (Lipinski definition) is 0.